The molecule has 1 aliphatic heterocycles. The van der Waals surface area contributed by atoms with Crippen molar-refractivity contribution in [1.82, 2.24) is 4.90 Å². The number of benzene rings is 1. The number of amides is 3. The summed E-state index contributed by atoms with van der Waals surface area (Å²) in [7, 11) is 0. The normalized spacial score (nSPS) is 36.1. The van der Waals surface area contributed by atoms with E-state index in [9.17, 15) is 24.5 Å². The molecule has 2 bridgehead atoms. The lowest BCUT2D eigenvalue weighted by Gasteiger charge is -2.37. The fourth-order valence-electron chi connectivity index (χ4n) is 5.19. The summed E-state index contributed by atoms with van der Waals surface area (Å²) in [6.07, 6.45) is 5.09. The molecule has 4 aliphatic carbocycles. The fourth-order valence-corrected chi connectivity index (χ4v) is 5.19. The molecule has 3 fully saturated rings. The number of non-ortho nitro benzene ring substituents is 1. The van der Waals surface area contributed by atoms with Crippen molar-refractivity contribution in [3.05, 3.63) is 52.1 Å². The van der Waals surface area contributed by atoms with Crippen LogP contribution in [-0.2, 0) is 20.8 Å². The largest absolute Gasteiger partial charge is 0.274 e. The third-order valence-corrected chi connectivity index (χ3v) is 6.41. The Bertz CT molecular complexity index is 854. The molecule has 3 amide bonds. The fraction of sp³-hybridized carbons (Fsp3) is 0.421. The molecule has 7 heteroatoms. The average molecular weight is 352 g/mol. The summed E-state index contributed by atoms with van der Waals surface area (Å²) < 4.78 is 0. The lowest BCUT2D eigenvalue weighted by molar-refractivity contribution is -0.384. The van der Waals surface area contributed by atoms with E-state index in [1.54, 1.807) is 0 Å². The topological polar surface area (TPSA) is 97.6 Å². The van der Waals surface area contributed by atoms with Gasteiger partial charge in [-0.25, -0.2) is 4.90 Å². The van der Waals surface area contributed by atoms with Crippen molar-refractivity contribution < 1.29 is 19.3 Å². The van der Waals surface area contributed by atoms with Crippen LogP contribution in [0.25, 0.3) is 0 Å². The number of imide groups is 3. The van der Waals surface area contributed by atoms with E-state index in [2.05, 4.69) is 12.2 Å². The first-order chi connectivity index (χ1) is 12.5. The van der Waals surface area contributed by atoms with Gasteiger partial charge in [-0.1, -0.05) is 24.3 Å². The van der Waals surface area contributed by atoms with Gasteiger partial charge in [0.25, 0.3) is 5.69 Å². The summed E-state index contributed by atoms with van der Waals surface area (Å²) in [5.74, 6) is -0.888. The molecule has 1 aromatic carbocycles. The number of rotatable bonds is 3. The van der Waals surface area contributed by atoms with Crippen molar-refractivity contribution in [2.24, 2.45) is 35.5 Å². The molecule has 7 nitrogen and oxygen atoms in total. The van der Waals surface area contributed by atoms with Gasteiger partial charge in [-0.3, -0.25) is 24.5 Å². The lowest BCUT2D eigenvalue weighted by Crippen LogP contribution is -2.40. The Morgan fingerprint density at radius 1 is 1.04 bits per heavy atom. The standard InChI is InChI=1S/C19H16N2O5/c22-15(7-9-1-3-10(4-2-9)21(25)26)20-18(23)16-11-5-6-12(14-8-13(11)14)17(16)19(20)24/h1-6,11-14,16-17H,7-8H2/t11-,12-,13-,14-,16-,17+/m0/s1. The highest BCUT2D eigenvalue weighted by Gasteiger charge is 2.67. The first-order valence-electron chi connectivity index (χ1n) is 8.79. The number of hydrogen-bond donors (Lipinski definition) is 0. The second-order valence-electron chi connectivity index (χ2n) is 7.66. The van der Waals surface area contributed by atoms with Crippen molar-refractivity contribution in [3.8, 4) is 0 Å². The van der Waals surface area contributed by atoms with E-state index in [0.717, 1.165) is 11.3 Å². The van der Waals surface area contributed by atoms with Crippen molar-refractivity contribution in [2.75, 3.05) is 0 Å². The Kier molecular flexibility index (Phi) is 3.02. The molecule has 1 heterocycles. The van der Waals surface area contributed by atoms with Crippen LogP contribution in [0.3, 0.4) is 0 Å². The highest BCUT2D eigenvalue weighted by Crippen LogP contribution is 2.65. The molecule has 6 atom stereocenters. The van der Waals surface area contributed by atoms with Crippen molar-refractivity contribution in [2.45, 2.75) is 12.8 Å². The second-order valence-corrected chi connectivity index (χ2v) is 7.66. The summed E-state index contributed by atoms with van der Waals surface area (Å²) in [6, 6.07) is 5.59. The van der Waals surface area contributed by atoms with Gasteiger partial charge >= 0.3 is 0 Å². The summed E-state index contributed by atoms with van der Waals surface area (Å²) in [5, 5.41) is 10.7. The predicted molar refractivity (Wildman–Crippen MR) is 88.4 cm³/mol. The van der Waals surface area contributed by atoms with Gasteiger partial charge < -0.3 is 0 Å². The summed E-state index contributed by atoms with van der Waals surface area (Å²) >= 11 is 0. The van der Waals surface area contributed by atoms with Crippen LogP contribution in [0.15, 0.2) is 36.4 Å². The molecule has 1 aromatic rings. The van der Waals surface area contributed by atoms with E-state index in [-0.39, 0.29) is 47.6 Å². The predicted octanol–water partition coefficient (Wildman–Crippen LogP) is 1.72. The van der Waals surface area contributed by atoms with Crippen LogP contribution in [0.4, 0.5) is 5.69 Å². The van der Waals surface area contributed by atoms with Crippen molar-refractivity contribution in [1.29, 1.82) is 0 Å². The van der Waals surface area contributed by atoms with Gasteiger partial charge in [-0.15, -0.1) is 0 Å². The molecule has 1 saturated heterocycles. The number of allylic oxidation sites excluding steroid dienone is 2. The molecule has 26 heavy (non-hydrogen) atoms. The highest BCUT2D eigenvalue weighted by atomic mass is 16.6. The molecule has 0 N–H and O–H groups in total. The number of hydrogen-bond acceptors (Lipinski definition) is 5. The Morgan fingerprint density at radius 2 is 1.58 bits per heavy atom. The van der Waals surface area contributed by atoms with Crippen molar-refractivity contribution in [3.63, 3.8) is 0 Å². The molecule has 6 rings (SSSR count). The minimum absolute atomic E-state index is 0.0672. The summed E-state index contributed by atoms with van der Waals surface area (Å²) in [6.45, 7) is 0. The number of likely N-dealkylation sites (tertiary alicyclic amines) is 1. The van der Waals surface area contributed by atoms with Gasteiger partial charge in [-0.05, 0) is 35.7 Å². The van der Waals surface area contributed by atoms with Gasteiger partial charge in [0.1, 0.15) is 0 Å². The molecular formula is C19H16N2O5. The SMILES string of the molecule is O=C(Cc1ccc([N+](=O)[O-])cc1)N1C(=O)[C@@H]2[C@H]3C=C[C@@H]([C@@H]4C[C@@H]34)[C@@H]2C1=O. The van der Waals surface area contributed by atoms with Gasteiger partial charge in [0.05, 0.1) is 23.2 Å². The molecule has 0 spiro atoms. The van der Waals surface area contributed by atoms with E-state index in [1.807, 2.05) is 0 Å². The minimum atomic E-state index is -0.545. The lowest BCUT2D eigenvalue weighted by atomic mass is 9.63. The van der Waals surface area contributed by atoms with Crippen LogP contribution in [0.1, 0.15) is 12.0 Å². The number of carbonyl (C=O) groups excluding carboxylic acids is 3. The van der Waals surface area contributed by atoms with E-state index < -0.39 is 10.8 Å². The Morgan fingerprint density at radius 3 is 2.08 bits per heavy atom. The van der Waals surface area contributed by atoms with Gasteiger partial charge in [0, 0.05) is 12.1 Å². The highest BCUT2D eigenvalue weighted by molar-refractivity contribution is 6.18. The van der Waals surface area contributed by atoms with E-state index in [0.29, 0.717) is 17.4 Å². The number of nitro groups is 1. The average Bonchev–Trinajstić information content (AvgIpc) is 3.39. The smallest absolute Gasteiger partial charge is 0.269 e. The zero-order chi connectivity index (χ0) is 18.2. The minimum Gasteiger partial charge on any atom is -0.274 e. The zero-order valence-corrected chi connectivity index (χ0v) is 13.8. The third-order valence-electron chi connectivity index (χ3n) is 6.41. The number of carbonyl (C=O) groups is 3. The Balaban J connectivity index is 1.37. The van der Waals surface area contributed by atoms with E-state index in [1.165, 1.54) is 24.3 Å². The van der Waals surface area contributed by atoms with Crippen LogP contribution in [0.5, 0.6) is 0 Å². The molecule has 0 aromatic heterocycles. The first-order valence-corrected chi connectivity index (χ1v) is 8.79. The molecule has 2 saturated carbocycles. The maximum absolute atomic E-state index is 12.8. The van der Waals surface area contributed by atoms with Crippen LogP contribution < -0.4 is 0 Å². The summed E-state index contributed by atoms with van der Waals surface area (Å²) in [5.41, 5.74) is 0.474. The van der Waals surface area contributed by atoms with Crippen LogP contribution in [0.2, 0.25) is 0 Å². The molecular weight excluding hydrogens is 336 g/mol. The monoisotopic (exact) mass is 352 g/mol. The maximum atomic E-state index is 12.8. The third kappa shape index (κ3) is 1.97. The van der Waals surface area contributed by atoms with E-state index >= 15 is 0 Å². The molecule has 5 aliphatic rings. The Hall–Kier alpha value is -2.83. The zero-order valence-electron chi connectivity index (χ0n) is 13.8. The quantitative estimate of drug-likeness (QED) is 0.357. The molecule has 0 radical (unpaired) electrons. The Labute approximate surface area is 148 Å². The van der Waals surface area contributed by atoms with Crippen LogP contribution in [-0.4, -0.2) is 27.5 Å². The van der Waals surface area contributed by atoms with Gasteiger partial charge in [0.15, 0.2) is 0 Å². The molecule has 0 unspecified atom stereocenters. The van der Waals surface area contributed by atoms with Gasteiger partial charge in [0.2, 0.25) is 17.7 Å². The van der Waals surface area contributed by atoms with E-state index in [4.69, 9.17) is 0 Å². The summed E-state index contributed by atoms with van der Waals surface area (Å²) in [4.78, 5) is 49.4. The number of nitro benzene ring substituents is 1. The van der Waals surface area contributed by atoms with Crippen LogP contribution >= 0.6 is 0 Å². The second kappa shape index (κ2) is 5.09. The molecule has 132 valence electrons. The van der Waals surface area contributed by atoms with Crippen LogP contribution in [0, 0.1) is 45.6 Å². The number of nitrogens with zero attached hydrogens (tertiary/aromatic N) is 2. The maximum Gasteiger partial charge on any atom is 0.269 e. The van der Waals surface area contributed by atoms with Gasteiger partial charge in [-0.2, -0.15) is 0 Å². The van der Waals surface area contributed by atoms with Crippen molar-refractivity contribution >= 4 is 23.4 Å². The first kappa shape index (κ1) is 15.4.